The first-order valence-electron chi connectivity index (χ1n) is 9.75. The smallest absolute Gasteiger partial charge is 0.123 e. The highest BCUT2D eigenvalue weighted by Crippen LogP contribution is 2.34. The maximum atomic E-state index is 13.8. The van der Waals surface area contributed by atoms with E-state index in [9.17, 15) is 4.39 Å². The number of halogens is 1. The summed E-state index contributed by atoms with van der Waals surface area (Å²) in [6.07, 6.45) is 6.89. The van der Waals surface area contributed by atoms with Crippen LogP contribution in [-0.2, 0) is 0 Å². The zero-order valence-electron chi connectivity index (χ0n) is 16.4. The van der Waals surface area contributed by atoms with Crippen LogP contribution in [0.4, 0.5) is 4.39 Å². The second kappa shape index (κ2) is 10.1. The Morgan fingerprint density at radius 2 is 1.69 bits per heavy atom. The molecule has 2 aromatic carbocycles. The summed E-state index contributed by atoms with van der Waals surface area (Å²) >= 11 is 0. The summed E-state index contributed by atoms with van der Waals surface area (Å²) in [5, 5.41) is 2.19. The first-order valence-corrected chi connectivity index (χ1v) is 9.75. The predicted molar refractivity (Wildman–Crippen MR) is 111 cm³/mol. The molecule has 3 rings (SSSR count). The molecule has 1 atom stereocenters. The molecule has 0 aliphatic carbocycles. The van der Waals surface area contributed by atoms with E-state index in [1.54, 1.807) is 12.3 Å². The van der Waals surface area contributed by atoms with Crippen molar-refractivity contribution in [1.82, 2.24) is 4.98 Å². The number of rotatable bonds is 5. The fraction of sp³-hybridized carbons (Fsp3) is 0.375. The second-order valence-corrected chi connectivity index (χ2v) is 6.78. The lowest BCUT2D eigenvalue weighted by Crippen LogP contribution is -1.98. The average molecular weight is 352 g/mol. The molecule has 1 aromatic heterocycles. The first-order chi connectivity index (χ1) is 12.6. The standard InChI is InChI=1S/C19H18FN.C5H12/c1-3-13(2)16-9-8-15(20)12-18(16)19-17-7-5-4-6-14(17)10-11-21-19;1-3-5-4-2/h4-13H,3H2,1-2H3;3-5H2,1-2H3. The summed E-state index contributed by atoms with van der Waals surface area (Å²) in [5.41, 5.74) is 2.92. The molecule has 0 radical (unpaired) electrons. The van der Waals surface area contributed by atoms with Crippen LogP contribution in [0.5, 0.6) is 0 Å². The third kappa shape index (κ3) is 4.91. The van der Waals surface area contributed by atoms with Gasteiger partial charge in [-0.1, -0.05) is 77.3 Å². The number of aromatic nitrogens is 1. The largest absolute Gasteiger partial charge is 0.256 e. The van der Waals surface area contributed by atoms with Crippen LogP contribution in [0.25, 0.3) is 22.0 Å². The maximum Gasteiger partial charge on any atom is 0.123 e. The predicted octanol–water partition coefficient (Wildman–Crippen LogP) is 7.75. The van der Waals surface area contributed by atoms with E-state index in [2.05, 4.69) is 38.7 Å². The summed E-state index contributed by atoms with van der Waals surface area (Å²) in [7, 11) is 0. The summed E-state index contributed by atoms with van der Waals surface area (Å²) < 4.78 is 13.8. The third-order valence-electron chi connectivity index (χ3n) is 4.79. The van der Waals surface area contributed by atoms with Gasteiger partial charge in [0.1, 0.15) is 5.82 Å². The number of pyridine rings is 1. The molecule has 26 heavy (non-hydrogen) atoms. The molecular weight excluding hydrogens is 321 g/mol. The highest BCUT2D eigenvalue weighted by Gasteiger charge is 2.14. The lowest BCUT2D eigenvalue weighted by Gasteiger charge is -2.16. The van der Waals surface area contributed by atoms with Gasteiger partial charge in [0.15, 0.2) is 0 Å². The monoisotopic (exact) mass is 351 g/mol. The molecule has 0 saturated carbocycles. The van der Waals surface area contributed by atoms with E-state index >= 15 is 0 Å². The van der Waals surface area contributed by atoms with Gasteiger partial charge in [-0.3, -0.25) is 4.98 Å². The van der Waals surface area contributed by atoms with Crippen LogP contribution in [0.15, 0.2) is 54.7 Å². The number of fused-ring (bicyclic) bond motifs is 1. The van der Waals surface area contributed by atoms with Crippen LogP contribution in [0.2, 0.25) is 0 Å². The first kappa shape index (κ1) is 20.1. The fourth-order valence-corrected chi connectivity index (χ4v) is 3.07. The Morgan fingerprint density at radius 3 is 2.35 bits per heavy atom. The molecule has 0 saturated heterocycles. The van der Waals surface area contributed by atoms with Crippen LogP contribution in [0.1, 0.15) is 64.9 Å². The SMILES string of the molecule is CCC(C)c1ccc(F)cc1-c1nccc2ccccc12.CCCCC. The van der Waals surface area contributed by atoms with Gasteiger partial charge in [0, 0.05) is 17.1 Å². The summed E-state index contributed by atoms with van der Waals surface area (Å²) in [4.78, 5) is 4.53. The van der Waals surface area contributed by atoms with Gasteiger partial charge in [-0.25, -0.2) is 4.39 Å². The molecule has 0 fully saturated rings. The average Bonchev–Trinajstić information content (AvgIpc) is 2.68. The van der Waals surface area contributed by atoms with Crippen molar-refractivity contribution < 1.29 is 4.39 Å². The Hall–Kier alpha value is -2.22. The number of benzene rings is 2. The van der Waals surface area contributed by atoms with Crippen molar-refractivity contribution in [1.29, 1.82) is 0 Å². The van der Waals surface area contributed by atoms with Gasteiger partial charge in [0.25, 0.3) is 0 Å². The molecule has 0 amide bonds. The van der Waals surface area contributed by atoms with Gasteiger partial charge >= 0.3 is 0 Å². The molecule has 138 valence electrons. The quantitative estimate of drug-likeness (QED) is 0.458. The summed E-state index contributed by atoms with van der Waals surface area (Å²) in [6, 6.07) is 15.1. The van der Waals surface area contributed by atoms with Crippen LogP contribution < -0.4 is 0 Å². The molecule has 0 aliphatic rings. The van der Waals surface area contributed by atoms with Gasteiger partial charge < -0.3 is 0 Å². The van der Waals surface area contributed by atoms with Crippen molar-refractivity contribution in [3.05, 3.63) is 66.1 Å². The van der Waals surface area contributed by atoms with Crippen molar-refractivity contribution in [2.75, 3.05) is 0 Å². The van der Waals surface area contributed by atoms with Gasteiger partial charge in [-0.2, -0.15) is 0 Å². The van der Waals surface area contributed by atoms with E-state index in [4.69, 9.17) is 0 Å². The van der Waals surface area contributed by atoms with Gasteiger partial charge in [-0.15, -0.1) is 0 Å². The number of hydrogen-bond donors (Lipinski definition) is 0. The van der Waals surface area contributed by atoms with Crippen LogP contribution in [0.3, 0.4) is 0 Å². The Morgan fingerprint density at radius 1 is 0.962 bits per heavy atom. The molecule has 1 unspecified atom stereocenters. The summed E-state index contributed by atoms with van der Waals surface area (Å²) in [6.45, 7) is 8.74. The van der Waals surface area contributed by atoms with Gasteiger partial charge in [0.05, 0.1) is 5.69 Å². The van der Waals surface area contributed by atoms with Crippen LogP contribution in [-0.4, -0.2) is 4.98 Å². The Labute approximate surface area is 157 Å². The lowest BCUT2D eigenvalue weighted by atomic mass is 9.90. The fourth-order valence-electron chi connectivity index (χ4n) is 3.07. The number of nitrogens with zero attached hydrogens (tertiary/aromatic N) is 1. The highest BCUT2D eigenvalue weighted by molar-refractivity contribution is 5.95. The Bertz CT molecular complexity index is 818. The highest BCUT2D eigenvalue weighted by atomic mass is 19.1. The van der Waals surface area contributed by atoms with Crippen molar-refractivity contribution in [3.63, 3.8) is 0 Å². The molecule has 1 nitrogen and oxygen atoms in total. The molecule has 0 spiro atoms. The minimum atomic E-state index is -0.216. The summed E-state index contributed by atoms with van der Waals surface area (Å²) in [5.74, 6) is 0.160. The zero-order chi connectivity index (χ0) is 18.9. The molecule has 0 bridgehead atoms. The lowest BCUT2D eigenvalue weighted by molar-refractivity contribution is 0.625. The Balaban J connectivity index is 0.000000431. The maximum absolute atomic E-state index is 13.8. The van der Waals surface area contributed by atoms with Crippen molar-refractivity contribution in [3.8, 4) is 11.3 Å². The third-order valence-corrected chi connectivity index (χ3v) is 4.79. The van der Waals surface area contributed by atoms with Crippen molar-refractivity contribution >= 4 is 10.8 Å². The number of hydrogen-bond acceptors (Lipinski definition) is 1. The zero-order valence-corrected chi connectivity index (χ0v) is 16.4. The van der Waals surface area contributed by atoms with Gasteiger partial charge in [0.2, 0.25) is 0 Å². The van der Waals surface area contributed by atoms with E-state index in [1.165, 1.54) is 25.3 Å². The molecule has 2 heteroatoms. The van der Waals surface area contributed by atoms with E-state index in [1.807, 2.05) is 30.3 Å². The Kier molecular flexibility index (Phi) is 7.77. The molecule has 0 aliphatic heterocycles. The van der Waals surface area contributed by atoms with E-state index in [0.717, 1.165) is 34.0 Å². The van der Waals surface area contributed by atoms with Crippen LogP contribution in [0, 0.1) is 5.82 Å². The van der Waals surface area contributed by atoms with Crippen molar-refractivity contribution in [2.24, 2.45) is 0 Å². The minimum Gasteiger partial charge on any atom is -0.256 e. The molecule has 1 heterocycles. The molecule has 3 aromatic rings. The van der Waals surface area contributed by atoms with Crippen molar-refractivity contribution in [2.45, 2.75) is 59.3 Å². The minimum absolute atomic E-state index is 0.216. The van der Waals surface area contributed by atoms with E-state index in [-0.39, 0.29) is 5.82 Å². The van der Waals surface area contributed by atoms with E-state index < -0.39 is 0 Å². The normalized spacial score (nSPS) is 11.7. The number of unbranched alkanes of at least 4 members (excludes halogenated alkanes) is 2. The molecular formula is C24H30FN. The van der Waals surface area contributed by atoms with E-state index in [0.29, 0.717) is 5.92 Å². The van der Waals surface area contributed by atoms with Gasteiger partial charge in [-0.05, 0) is 41.5 Å². The topological polar surface area (TPSA) is 12.9 Å². The van der Waals surface area contributed by atoms with Crippen LogP contribution >= 0.6 is 0 Å². The molecule has 0 N–H and O–H groups in total. The second-order valence-electron chi connectivity index (χ2n) is 6.78.